The molecule has 4 aromatic carbocycles. The van der Waals surface area contributed by atoms with Crippen molar-refractivity contribution in [1.29, 1.82) is 0 Å². The van der Waals surface area contributed by atoms with E-state index >= 15 is 0 Å². The number of benzene rings is 4. The van der Waals surface area contributed by atoms with Crippen molar-refractivity contribution in [1.82, 2.24) is 39.5 Å². The Hall–Kier alpha value is -6.02. The fraction of sp³-hybridized carbons (Fsp3) is 0.385. The molecule has 8 rings (SSSR count). The summed E-state index contributed by atoms with van der Waals surface area (Å²) in [5.74, 6) is 4.55. The Balaban J connectivity index is 1.03. The SMILES string of the molecule is C#CCCN(Cc1nc2c([nH]1)CCCc1cc(-c3ccc4nc(C5CCCN5C(=O)C(c5ccccc5)N(CC)CC)[nH]c4c3)ccc1-2)C(=O)C(c1ccccc1)N(CC)CC. The minimum Gasteiger partial charge on any atom is -0.344 e. The number of nitrogens with one attached hydrogen (secondary N) is 2. The Labute approximate surface area is 366 Å². The van der Waals surface area contributed by atoms with Gasteiger partial charge in [-0.1, -0.05) is 113 Å². The van der Waals surface area contributed by atoms with Crippen molar-refractivity contribution in [2.24, 2.45) is 0 Å². The molecule has 3 heterocycles. The Morgan fingerprint density at radius 2 is 1.45 bits per heavy atom. The normalized spacial score (nSPS) is 15.9. The van der Waals surface area contributed by atoms with Crippen molar-refractivity contribution in [3.05, 3.63) is 131 Å². The molecule has 2 amide bonds. The zero-order chi connectivity index (χ0) is 43.2. The zero-order valence-corrected chi connectivity index (χ0v) is 36.7. The largest absolute Gasteiger partial charge is 0.344 e. The number of aromatic amines is 2. The summed E-state index contributed by atoms with van der Waals surface area (Å²) in [7, 11) is 0. The summed E-state index contributed by atoms with van der Waals surface area (Å²) in [6.45, 7) is 13.1. The standard InChI is InChI=1S/C52H60N8O2/c1-6-11-31-59(51(61)48(57(7-2)8-3)36-20-14-12-15-21-36)35-46-53-43-25-18-24-40-33-38(27-29-41(40)47(43)56-46)39-28-30-42-44(34-39)55-50(54-42)45-26-19-32-60(45)52(62)49(58(9-4)10-5)37-22-16-13-17-23-37/h1,12-17,20-23,27-30,33-34,45,48-49H,7-11,18-19,24-26,31-32,35H2,2-5H3,(H,53,56)(H,54,55). The highest BCUT2D eigenvalue weighted by molar-refractivity contribution is 5.86. The lowest BCUT2D eigenvalue weighted by Gasteiger charge is -2.34. The predicted octanol–water partition coefficient (Wildman–Crippen LogP) is 9.29. The number of amides is 2. The molecule has 62 heavy (non-hydrogen) atoms. The molecule has 3 unspecified atom stereocenters. The first-order valence-electron chi connectivity index (χ1n) is 22.7. The number of H-pyrrole nitrogens is 2. The molecule has 10 nitrogen and oxygen atoms in total. The number of hydrogen-bond acceptors (Lipinski definition) is 6. The third-order valence-electron chi connectivity index (χ3n) is 13.0. The topological polar surface area (TPSA) is 104 Å². The molecule has 1 aliphatic heterocycles. The maximum atomic E-state index is 14.4. The van der Waals surface area contributed by atoms with Crippen LogP contribution in [-0.4, -0.2) is 90.6 Å². The first-order valence-corrected chi connectivity index (χ1v) is 22.7. The Kier molecular flexibility index (Phi) is 13.3. The maximum absolute atomic E-state index is 14.4. The molecule has 2 aromatic heterocycles. The number of carbonyl (C=O) groups excluding carboxylic acids is 2. The number of nitrogens with zero attached hydrogens (tertiary/aromatic N) is 6. The summed E-state index contributed by atoms with van der Waals surface area (Å²) in [6, 6.07) is 32.5. The number of fused-ring (bicyclic) bond motifs is 4. The summed E-state index contributed by atoms with van der Waals surface area (Å²) < 4.78 is 0. The van der Waals surface area contributed by atoms with Gasteiger partial charge in [-0.3, -0.25) is 19.4 Å². The van der Waals surface area contributed by atoms with Gasteiger partial charge >= 0.3 is 0 Å². The minimum absolute atomic E-state index is 0.0363. The first-order chi connectivity index (χ1) is 30.3. The van der Waals surface area contributed by atoms with E-state index in [4.69, 9.17) is 16.4 Å². The Bertz CT molecular complexity index is 2510. The van der Waals surface area contributed by atoms with Gasteiger partial charge in [0.1, 0.15) is 23.7 Å². The highest BCUT2D eigenvalue weighted by atomic mass is 16.2. The fourth-order valence-electron chi connectivity index (χ4n) is 9.74. The number of aromatic nitrogens is 4. The van der Waals surface area contributed by atoms with Crippen molar-refractivity contribution in [2.75, 3.05) is 39.3 Å². The van der Waals surface area contributed by atoms with Crippen LogP contribution in [0.1, 0.15) is 106 Å². The molecule has 1 aliphatic carbocycles. The van der Waals surface area contributed by atoms with Gasteiger partial charge in [-0.05, 0) is 98.2 Å². The van der Waals surface area contributed by atoms with Crippen molar-refractivity contribution >= 4 is 22.8 Å². The van der Waals surface area contributed by atoms with E-state index in [0.29, 0.717) is 19.5 Å². The average molecular weight is 829 g/mol. The molecule has 3 atom stereocenters. The summed E-state index contributed by atoms with van der Waals surface area (Å²) in [5.41, 5.74) is 10.6. The van der Waals surface area contributed by atoms with Gasteiger partial charge in [0, 0.05) is 30.8 Å². The van der Waals surface area contributed by atoms with Crippen LogP contribution in [0.3, 0.4) is 0 Å². The van der Waals surface area contributed by atoms with E-state index in [-0.39, 0.29) is 23.9 Å². The molecule has 0 saturated carbocycles. The fourth-order valence-corrected chi connectivity index (χ4v) is 9.74. The van der Waals surface area contributed by atoms with Crippen LogP contribution < -0.4 is 0 Å². The minimum atomic E-state index is -0.402. The summed E-state index contributed by atoms with van der Waals surface area (Å²) in [5, 5.41) is 0. The van der Waals surface area contributed by atoms with E-state index in [1.165, 1.54) is 5.56 Å². The van der Waals surface area contributed by atoms with E-state index in [2.05, 4.69) is 107 Å². The molecule has 320 valence electrons. The molecular formula is C52H60N8O2. The highest BCUT2D eigenvalue weighted by Crippen LogP contribution is 2.38. The quantitative estimate of drug-likeness (QED) is 0.0944. The first kappa shape index (κ1) is 42.7. The molecule has 1 saturated heterocycles. The number of aryl methyl sites for hydroxylation is 2. The number of likely N-dealkylation sites (N-methyl/N-ethyl adjacent to an activating group) is 2. The molecule has 0 radical (unpaired) electrons. The second-order valence-electron chi connectivity index (χ2n) is 16.6. The highest BCUT2D eigenvalue weighted by Gasteiger charge is 2.38. The third-order valence-corrected chi connectivity index (χ3v) is 13.0. The van der Waals surface area contributed by atoms with E-state index in [1.54, 1.807) is 0 Å². The van der Waals surface area contributed by atoms with E-state index < -0.39 is 6.04 Å². The van der Waals surface area contributed by atoms with Crippen LogP contribution >= 0.6 is 0 Å². The van der Waals surface area contributed by atoms with Gasteiger partial charge in [0.05, 0.1) is 29.3 Å². The number of terminal acetylenes is 1. The summed E-state index contributed by atoms with van der Waals surface area (Å²) in [6.07, 6.45) is 10.8. The van der Waals surface area contributed by atoms with Gasteiger partial charge in [0.2, 0.25) is 11.8 Å². The second kappa shape index (κ2) is 19.4. The van der Waals surface area contributed by atoms with Gasteiger partial charge in [-0.25, -0.2) is 9.97 Å². The van der Waals surface area contributed by atoms with E-state index in [0.717, 1.165) is 127 Å². The molecule has 10 heteroatoms. The molecule has 2 aliphatic rings. The lowest BCUT2D eigenvalue weighted by Crippen LogP contribution is -2.43. The smallest absolute Gasteiger partial charge is 0.245 e. The van der Waals surface area contributed by atoms with Gasteiger partial charge < -0.3 is 19.8 Å². The summed E-state index contributed by atoms with van der Waals surface area (Å²) in [4.78, 5) is 54.8. The zero-order valence-electron chi connectivity index (χ0n) is 36.7. The van der Waals surface area contributed by atoms with Crippen molar-refractivity contribution < 1.29 is 9.59 Å². The molecule has 0 spiro atoms. The number of rotatable bonds is 16. The number of imidazole rings is 2. The van der Waals surface area contributed by atoms with Crippen LogP contribution in [0.15, 0.2) is 97.1 Å². The summed E-state index contributed by atoms with van der Waals surface area (Å²) >= 11 is 0. The van der Waals surface area contributed by atoms with Crippen molar-refractivity contribution in [3.63, 3.8) is 0 Å². The lowest BCUT2D eigenvalue weighted by molar-refractivity contribution is -0.139. The number of hydrogen-bond donors (Lipinski definition) is 2. The third kappa shape index (κ3) is 8.70. The molecule has 1 fully saturated rings. The number of likely N-dealkylation sites (tertiary alicyclic amines) is 1. The average Bonchev–Trinajstić information content (AvgIpc) is 4.05. The second-order valence-corrected chi connectivity index (χ2v) is 16.6. The monoisotopic (exact) mass is 828 g/mol. The molecule has 0 bridgehead atoms. The number of carbonyl (C=O) groups is 2. The molecular weight excluding hydrogens is 769 g/mol. The Morgan fingerprint density at radius 3 is 2.15 bits per heavy atom. The molecule has 6 aromatic rings. The Morgan fingerprint density at radius 1 is 0.790 bits per heavy atom. The van der Waals surface area contributed by atoms with Crippen LogP contribution in [-0.2, 0) is 29.0 Å². The van der Waals surface area contributed by atoms with Gasteiger partial charge in [-0.2, -0.15) is 0 Å². The lowest BCUT2D eigenvalue weighted by atomic mass is 9.96. The van der Waals surface area contributed by atoms with Crippen molar-refractivity contribution in [3.8, 4) is 34.7 Å². The maximum Gasteiger partial charge on any atom is 0.245 e. The van der Waals surface area contributed by atoms with Crippen LogP contribution in [0.4, 0.5) is 0 Å². The van der Waals surface area contributed by atoms with Crippen LogP contribution in [0, 0.1) is 12.3 Å². The van der Waals surface area contributed by atoms with Crippen LogP contribution in [0.25, 0.3) is 33.4 Å². The van der Waals surface area contributed by atoms with Gasteiger partial charge in [0.15, 0.2) is 0 Å². The van der Waals surface area contributed by atoms with Crippen molar-refractivity contribution in [2.45, 2.75) is 90.9 Å². The van der Waals surface area contributed by atoms with E-state index in [1.807, 2.05) is 53.4 Å². The van der Waals surface area contributed by atoms with Gasteiger partial charge in [0.25, 0.3) is 0 Å². The van der Waals surface area contributed by atoms with Crippen LogP contribution in [0.5, 0.6) is 0 Å². The predicted molar refractivity (Wildman–Crippen MR) is 248 cm³/mol. The van der Waals surface area contributed by atoms with E-state index in [9.17, 15) is 9.59 Å². The molecule has 2 N–H and O–H groups in total. The van der Waals surface area contributed by atoms with Crippen LogP contribution in [0.2, 0.25) is 0 Å². The van der Waals surface area contributed by atoms with Gasteiger partial charge in [-0.15, -0.1) is 12.3 Å².